The molecule has 4 rings (SSSR count). The Balaban J connectivity index is 1.46. The van der Waals surface area contributed by atoms with E-state index >= 15 is 0 Å². The van der Waals surface area contributed by atoms with Crippen molar-refractivity contribution >= 4 is 40.6 Å². The third-order valence-corrected chi connectivity index (χ3v) is 7.11. The second-order valence-electron chi connectivity index (χ2n) is 8.93. The molecule has 1 N–H and O–H groups in total. The minimum atomic E-state index is -0.300. The van der Waals surface area contributed by atoms with Crippen molar-refractivity contribution in [1.82, 2.24) is 14.8 Å². The number of thiazole rings is 1. The Labute approximate surface area is 238 Å². The van der Waals surface area contributed by atoms with E-state index in [0.29, 0.717) is 47.7 Å². The summed E-state index contributed by atoms with van der Waals surface area (Å²) in [4.78, 5) is 34.7. The monoisotopic (exact) mass is 562 g/mol. The summed E-state index contributed by atoms with van der Waals surface area (Å²) < 4.78 is 5.20. The predicted molar refractivity (Wildman–Crippen MR) is 156 cm³/mol. The molecule has 202 valence electrons. The molecule has 0 spiro atoms. The summed E-state index contributed by atoms with van der Waals surface area (Å²) in [5, 5.41) is 5.83. The largest absolute Gasteiger partial charge is 0.383 e. The van der Waals surface area contributed by atoms with E-state index in [1.165, 1.54) is 16.9 Å². The van der Waals surface area contributed by atoms with Gasteiger partial charge in [0.25, 0.3) is 5.91 Å². The number of nitrogens with one attached hydrogen (secondary N) is 1. The highest BCUT2D eigenvalue weighted by atomic mass is 35.5. The van der Waals surface area contributed by atoms with Gasteiger partial charge in [0.1, 0.15) is 10.7 Å². The van der Waals surface area contributed by atoms with Crippen LogP contribution in [0.5, 0.6) is 0 Å². The highest BCUT2D eigenvalue weighted by Crippen LogP contribution is 2.19. The first-order valence-electron chi connectivity index (χ1n) is 12.6. The molecule has 0 aliphatic carbocycles. The van der Waals surface area contributed by atoms with Gasteiger partial charge in [-0.15, -0.1) is 11.3 Å². The van der Waals surface area contributed by atoms with Crippen molar-refractivity contribution in [2.45, 2.75) is 19.5 Å². The van der Waals surface area contributed by atoms with E-state index in [1.54, 1.807) is 41.7 Å². The molecular weight excluding hydrogens is 532 g/mol. The molecule has 0 unspecified atom stereocenters. The van der Waals surface area contributed by atoms with Crippen LogP contribution in [0.3, 0.4) is 0 Å². The van der Waals surface area contributed by atoms with Crippen LogP contribution in [0.1, 0.15) is 26.6 Å². The number of rotatable bonds is 12. The van der Waals surface area contributed by atoms with Crippen LogP contribution in [-0.2, 0) is 24.2 Å². The molecule has 0 saturated carbocycles. The smallest absolute Gasteiger partial charge is 0.322 e. The number of carbonyl (C=O) groups is 2. The molecule has 1 heterocycles. The zero-order chi connectivity index (χ0) is 27.5. The van der Waals surface area contributed by atoms with E-state index in [-0.39, 0.29) is 18.5 Å². The Morgan fingerprint density at radius 2 is 1.62 bits per heavy atom. The van der Waals surface area contributed by atoms with Crippen LogP contribution in [-0.4, -0.2) is 53.5 Å². The summed E-state index contributed by atoms with van der Waals surface area (Å²) in [6.07, 6.45) is 0.741. The Hall–Kier alpha value is -3.72. The van der Waals surface area contributed by atoms with Crippen molar-refractivity contribution in [3.63, 3.8) is 0 Å². The summed E-state index contributed by atoms with van der Waals surface area (Å²) in [7, 11) is 1.59. The maximum Gasteiger partial charge on any atom is 0.322 e. The quantitative estimate of drug-likeness (QED) is 0.218. The number of benzene rings is 3. The zero-order valence-corrected chi connectivity index (χ0v) is 23.3. The molecule has 0 aliphatic heterocycles. The van der Waals surface area contributed by atoms with E-state index in [2.05, 4.69) is 22.4 Å². The maximum absolute atomic E-state index is 13.6. The lowest BCUT2D eigenvalue weighted by Crippen LogP contribution is -2.37. The predicted octanol–water partition coefficient (Wildman–Crippen LogP) is 6.36. The molecule has 0 aliphatic rings. The van der Waals surface area contributed by atoms with E-state index < -0.39 is 0 Å². The lowest BCUT2D eigenvalue weighted by atomic mass is 10.1. The fourth-order valence-electron chi connectivity index (χ4n) is 3.99. The summed E-state index contributed by atoms with van der Waals surface area (Å²) in [5.41, 5.74) is 3.19. The van der Waals surface area contributed by atoms with Crippen LogP contribution < -0.4 is 5.32 Å². The molecular formula is C30H31ClN4O3S. The van der Waals surface area contributed by atoms with Gasteiger partial charge in [-0.3, -0.25) is 4.79 Å². The van der Waals surface area contributed by atoms with Gasteiger partial charge >= 0.3 is 6.03 Å². The van der Waals surface area contributed by atoms with Crippen molar-refractivity contribution < 1.29 is 14.3 Å². The summed E-state index contributed by atoms with van der Waals surface area (Å²) >= 11 is 7.42. The standard InChI is InChI=1S/C30H31ClN4O3S/c1-38-18-17-35(30(37)32-26-14-8-13-25(31)19-26)21-28-33-27(22-39-28)29(36)34(20-24-11-6-3-7-12-24)16-15-23-9-4-2-5-10-23/h2-14,19,22H,15-18,20-21H2,1H3,(H,32,37). The average molecular weight is 563 g/mol. The number of methoxy groups -OCH3 is 1. The van der Waals surface area contributed by atoms with Crippen LogP contribution in [0, 0.1) is 0 Å². The molecule has 39 heavy (non-hydrogen) atoms. The van der Waals surface area contributed by atoms with Crippen molar-refractivity contribution in [1.29, 1.82) is 0 Å². The van der Waals surface area contributed by atoms with Crippen molar-refractivity contribution in [3.8, 4) is 0 Å². The first-order valence-corrected chi connectivity index (χ1v) is 13.9. The van der Waals surface area contributed by atoms with Gasteiger partial charge in [-0.2, -0.15) is 0 Å². The van der Waals surface area contributed by atoms with Crippen molar-refractivity contribution in [3.05, 3.63) is 117 Å². The van der Waals surface area contributed by atoms with Gasteiger partial charge in [-0.1, -0.05) is 78.3 Å². The van der Waals surface area contributed by atoms with Crippen LogP contribution in [0.25, 0.3) is 0 Å². The second kappa shape index (κ2) is 14.4. The number of ether oxygens (including phenoxy) is 1. The Kier molecular flexibility index (Phi) is 10.5. The van der Waals surface area contributed by atoms with Gasteiger partial charge in [0, 0.05) is 42.8 Å². The van der Waals surface area contributed by atoms with Gasteiger partial charge in [-0.25, -0.2) is 9.78 Å². The summed E-state index contributed by atoms with van der Waals surface area (Å²) in [6.45, 7) is 2.03. The van der Waals surface area contributed by atoms with E-state index in [4.69, 9.17) is 16.3 Å². The molecule has 4 aromatic rings. The SMILES string of the molecule is COCCN(Cc1nc(C(=O)N(CCc2ccccc2)Cc2ccccc2)cs1)C(=O)Nc1cccc(Cl)c1. The van der Waals surface area contributed by atoms with E-state index in [9.17, 15) is 9.59 Å². The first kappa shape index (κ1) is 28.3. The number of anilines is 1. The van der Waals surface area contributed by atoms with Crippen LogP contribution >= 0.6 is 22.9 Å². The summed E-state index contributed by atoms with van der Waals surface area (Å²) in [6, 6.07) is 26.7. The minimum Gasteiger partial charge on any atom is -0.383 e. The van der Waals surface area contributed by atoms with Gasteiger partial charge < -0.3 is 19.9 Å². The molecule has 9 heteroatoms. The lowest BCUT2D eigenvalue weighted by Gasteiger charge is -2.23. The number of aromatic nitrogens is 1. The van der Waals surface area contributed by atoms with Gasteiger partial charge in [0.15, 0.2) is 0 Å². The number of hydrogen-bond acceptors (Lipinski definition) is 5. The molecule has 0 saturated heterocycles. The van der Waals surface area contributed by atoms with Gasteiger partial charge in [0.2, 0.25) is 0 Å². The average Bonchev–Trinajstić information content (AvgIpc) is 3.42. The Morgan fingerprint density at radius 1 is 0.897 bits per heavy atom. The van der Waals surface area contributed by atoms with Crippen molar-refractivity contribution in [2.24, 2.45) is 0 Å². The van der Waals surface area contributed by atoms with Gasteiger partial charge in [-0.05, 0) is 35.7 Å². The third-order valence-electron chi connectivity index (χ3n) is 6.04. The third kappa shape index (κ3) is 8.64. The van der Waals surface area contributed by atoms with Crippen LogP contribution in [0.4, 0.5) is 10.5 Å². The molecule has 1 aromatic heterocycles. The van der Waals surface area contributed by atoms with E-state index in [1.807, 2.05) is 53.4 Å². The Morgan fingerprint density at radius 3 is 2.31 bits per heavy atom. The summed E-state index contributed by atoms with van der Waals surface area (Å²) in [5.74, 6) is -0.135. The molecule has 0 fully saturated rings. The number of carbonyl (C=O) groups excluding carboxylic acids is 2. The maximum atomic E-state index is 13.6. The fourth-order valence-corrected chi connectivity index (χ4v) is 4.97. The molecule has 0 bridgehead atoms. The number of halogens is 1. The fraction of sp³-hybridized carbons (Fsp3) is 0.233. The van der Waals surface area contributed by atoms with Gasteiger partial charge in [0.05, 0.1) is 13.2 Å². The normalized spacial score (nSPS) is 10.7. The molecule has 0 radical (unpaired) electrons. The Bertz CT molecular complexity index is 1350. The highest BCUT2D eigenvalue weighted by Gasteiger charge is 2.21. The second-order valence-corrected chi connectivity index (χ2v) is 10.3. The van der Waals surface area contributed by atoms with Crippen molar-refractivity contribution in [2.75, 3.05) is 32.1 Å². The zero-order valence-electron chi connectivity index (χ0n) is 21.8. The number of amides is 3. The van der Waals surface area contributed by atoms with E-state index in [0.717, 1.165) is 12.0 Å². The molecule has 3 aromatic carbocycles. The first-order chi connectivity index (χ1) is 19.0. The molecule has 0 atom stereocenters. The number of hydrogen-bond donors (Lipinski definition) is 1. The number of urea groups is 1. The molecule has 3 amide bonds. The molecule has 7 nitrogen and oxygen atoms in total. The highest BCUT2D eigenvalue weighted by molar-refractivity contribution is 7.09. The lowest BCUT2D eigenvalue weighted by molar-refractivity contribution is 0.0739. The minimum absolute atomic E-state index is 0.135. The topological polar surface area (TPSA) is 74.8 Å². The number of nitrogens with zero attached hydrogens (tertiary/aromatic N) is 3. The van der Waals surface area contributed by atoms with Crippen LogP contribution in [0.2, 0.25) is 5.02 Å². The van der Waals surface area contributed by atoms with Crippen LogP contribution in [0.15, 0.2) is 90.3 Å².